The quantitative estimate of drug-likeness (QED) is 0.528. The Morgan fingerprint density at radius 2 is 1.75 bits per heavy atom. The Morgan fingerprint density at radius 3 is 2.50 bits per heavy atom. The smallest absolute Gasteiger partial charge is 0.256 e. The number of hydrogen-bond donors (Lipinski definition) is 0. The standard InChI is InChI=1S/C19H14N2O3/c22-19-12-16(13-6-2-1-3-7-13)18(21(23)24)11-15-10-14-8-4-5-9-17(14)20(15)19/h1-11,16H,12H2/t16-/m1/s1. The highest BCUT2D eigenvalue weighted by atomic mass is 16.6. The summed E-state index contributed by atoms with van der Waals surface area (Å²) in [5.41, 5.74) is 2.18. The molecule has 5 nitrogen and oxygen atoms in total. The van der Waals surface area contributed by atoms with E-state index >= 15 is 0 Å². The highest BCUT2D eigenvalue weighted by molar-refractivity contribution is 5.97. The molecule has 0 spiro atoms. The van der Waals surface area contributed by atoms with Gasteiger partial charge in [0.1, 0.15) is 0 Å². The van der Waals surface area contributed by atoms with Crippen LogP contribution in [-0.2, 0) is 0 Å². The molecule has 4 rings (SSSR count). The van der Waals surface area contributed by atoms with Crippen molar-refractivity contribution in [3.63, 3.8) is 0 Å². The van der Waals surface area contributed by atoms with Gasteiger partial charge in [0.05, 0.1) is 22.1 Å². The number of carbonyl (C=O) groups excluding carboxylic acids is 1. The van der Waals surface area contributed by atoms with Gasteiger partial charge in [-0.25, -0.2) is 0 Å². The average molecular weight is 318 g/mol. The third-order valence-electron chi connectivity index (χ3n) is 4.43. The summed E-state index contributed by atoms with van der Waals surface area (Å²) in [6.07, 6.45) is 1.60. The maximum Gasteiger partial charge on any atom is 0.256 e. The molecule has 0 fully saturated rings. The first-order valence-electron chi connectivity index (χ1n) is 7.70. The second kappa shape index (κ2) is 5.45. The molecule has 118 valence electrons. The molecular formula is C19H14N2O3. The van der Waals surface area contributed by atoms with E-state index in [2.05, 4.69) is 0 Å². The van der Waals surface area contributed by atoms with E-state index in [-0.39, 0.29) is 22.9 Å². The number of aromatic nitrogens is 1. The van der Waals surface area contributed by atoms with Crippen LogP contribution in [0.3, 0.4) is 0 Å². The van der Waals surface area contributed by atoms with Crippen molar-refractivity contribution in [3.05, 3.63) is 87.7 Å². The van der Waals surface area contributed by atoms with E-state index < -0.39 is 5.92 Å². The topological polar surface area (TPSA) is 65.1 Å². The van der Waals surface area contributed by atoms with Gasteiger partial charge in [-0.2, -0.15) is 0 Å². The summed E-state index contributed by atoms with van der Waals surface area (Å²) in [7, 11) is 0. The first kappa shape index (κ1) is 14.4. The molecule has 1 aromatic heterocycles. The minimum atomic E-state index is -0.549. The molecule has 0 saturated carbocycles. The van der Waals surface area contributed by atoms with Crippen LogP contribution in [0, 0.1) is 10.1 Å². The van der Waals surface area contributed by atoms with Gasteiger partial charge in [0, 0.05) is 17.9 Å². The lowest BCUT2D eigenvalue weighted by molar-refractivity contribution is -0.428. The maximum atomic E-state index is 12.8. The summed E-state index contributed by atoms with van der Waals surface area (Å²) in [6, 6.07) is 18.5. The molecule has 24 heavy (non-hydrogen) atoms. The minimum absolute atomic E-state index is 0.0520. The van der Waals surface area contributed by atoms with Crippen LogP contribution in [0.2, 0.25) is 0 Å². The number of benzene rings is 2. The molecule has 0 bridgehead atoms. The summed E-state index contributed by atoms with van der Waals surface area (Å²) in [4.78, 5) is 24.1. The van der Waals surface area contributed by atoms with Crippen molar-refractivity contribution in [1.82, 2.24) is 4.57 Å². The van der Waals surface area contributed by atoms with Gasteiger partial charge in [0.2, 0.25) is 5.91 Å². The molecule has 0 unspecified atom stereocenters. The number of fused-ring (bicyclic) bond motifs is 3. The lowest BCUT2D eigenvalue weighted by atomic mass is 9.92. The van der Waals surface area contributed by atoms with Crippen LogP contribution in [0.5, 0.6) is 0 Å². The zero-order valence-corrected chi connectivity index (χ0v) is 12.8. The second-order valence-electron chi connectivity index (χ2n) is 5.85. The van der Waals surface area contributed by atoms with Crippen molar-refractivity contribution in [2.24, 2.45) is 0 Å². The normalized spacial score (nSPS) is 17.2. The highest BCUT2D eigenvalue weighted by Crippen LogP contribution is 2.35. The third kappa shape index (κ3) is 2.22. The Kier molecular flexibility index (Phi) is 3.27. The molecule has 2 heterocycles. The maximum absolute atomic E-state index is 12.8. The van der Waals surface area contributed by atoms with E-state index in [1.165, 1.54) is 6.08 Å². The van der Waals surface area contributed by atoms with Crippen LogP contribution < -0.4 is 0 Å². The molecule has 3 aromatic rings. The molecule has 0 N–H and O–H groups in total. The third-order valence-corrected chi connectivity index (χ3v) is 4.43. The van der Waals surface area contributed by atoms with Gasteiger partial charge < -0.3 is 0 Å². The van der Waals surface area contributed by atoms with Crippen LogP contribution in [-0.4, -0.2) is 15.4 Å². The van der Waals surface area contributed by atoms with Gasteiger partial charge in [-0.1, -0.05) is 48.5 Å². The number of hydrogen-bond acceptors (Lipinski definition) is 3. The zero-order valence-electron chi connectivity index (χ0n) is 12.8. The van der Waals surface area contributed by atoms with Gasteiger partial charge in [-0.3, -0.25) is 19.5 Å². The Hall–Kier alpha value is -3.21. The molecule has 0 saturated heterocycles. The molecule has 1 atom stereocenters. The van der Waals surface area contributed by atoms with E-state index in [0.717, 1.165) is 16.5 Å². The van der Waals surface area contributed by atoms with Crippen LogP contribution in [0.4, 0.5) is 0 Å². The fraction of sp³-hybridized carbons (Fsp3) is 0.105. The number of nitrogens with zero attached hydrogens (tertiary/aromatic N) is 2. The first-order valence-corrected chi connectivity index (χ1v) is 7.70. The number of allylic oxidation sites excluding steroid dienone is 1. The molecular weight excluding hydrogens is 304 g/mol. The Labute approximate surface area is 138 Å². The number of nitro groups is 1. The van der Waals surface area contributed by atoms with E-state index in [9.17, 15) is 14.9 Å². The van der Waals surface area contributed by atoms with Crippen LogP contribution in [0.15, 0.2) is 66.4 Å². The zero-order chi connectivity index (χ0) is 16.7. The van der Waals surface area contributed by atoms with Crippen molar-refractivity contribution in [1.29, 1.82) is 0 Å². The van der Waals surface area contributed by atoms with E-state index in [1.807, 2.05) is 60.7 Å². The summed E-state index contributed by atoms with van der Waals surface area (Å²) in [5.74, 6) is -0.680. The Bertz CT molecular complexity index is 986. The summed E-state index contributed by atoms with van der Waals surface area (Å²) in [5, 5.41) is 12.5. The number of carbonyl (C=O) groups is 1. The van der Waals surface area contributed by atoms with Crippen molar-refractivity contribution in [2.45, 2.75) is 12.3 Å². The number of rotatable bonds is 2. The number of para-hydroxylation sites is 1. The van der Waals surface area contributed by atoms with Crippen molar-refractivity contribution < 1.29 is 9.72 Å². The SMILES string of the molecule is O=C1C[C@H](c2ccccc2)C([N+](=O)[O-])=Cc2cc3ccccc3n21. The predicted molar refractivity (Wildman–Crippen MR) is 91.3 cm³/mol. The van der Waals surface area contributed by atoms with Crippen molar-refractivity contribution in [3.8, 4) is 0 Å². The van der Waals surface area contributed by atoms with Gasteiger partial charge in [-0.05, 0) is 17.7 Å². The van der Waals surface area contributed by atoms with Crippen molar-refractivity contribution in [2.75, 3.05) is 0 Å². The van der Waals surface area contributed by atoms with Crippen LogP contribution in [0.25, 0.3) is 17.0 Å². The summed E-state index contributed by atoms with van der Waals surface area (Å²) < 4.78 is 1.59. The first-order chi connectivity index (χ1) is 11.6. The van der Waals surface area contributed by atoms with Gasteiger partial charge >= 0.3 is 0 Å². The lowest BCUT2D eigenvalue weighted by Gasteiger charge is -2.12. The van der Waals surface area contributed by atoms with Crippen molar-refractivity contribution >= 4 is 22.9 Å². The summed E-state index contributed by atoms with van der Waals surface area (Å²) >= 11 is 0. The molecule has 0 amide bonds. The minimum Gasteiger partial charge on any atom is -0.280 e. The van der Waals surface area contributed by atoms with E-state index in [1.54, 1.807) is 4.57 Å². The Balaban J connectivity index is 1.94. The van der Waals surface area contributed by atoms with Gasteiger partial charge in [0.15, 0.2) is 0 Å². The largest absolute Gasteiger partial charge is 0.280 e. The highest BCUT2D eigenvalue weighted by Gasteiger charge is 2.33. The fourth-order valence-corrected chi connectivity index (χ4v) is 3.34. The predicted octanol–water partition coefficient (Wildman–Crippen LogP) is 4.09. The molecule has 5 heteroatoms. The van der Waals surface area contributed by atoms with Crippen LogP contribution >= 0.6 is 0 Å². The van der Waals surface area contributed by atoms with Gasteiger partial charge in [-0.15, -0.1) is 0 Å². The lowest BCUT2D eigenvalue weighted by Crippen LogP contribution is -2.16. The van der Waals surface area contributed by atoms with Gasteiger partial charge in [0.25, 0.3) is 5.70 Å². The molecule has 2 aromatic carbocycles. The monoisotopic (exact) mass is 318 g/mol. The molecule has 0 radical (unpaired) electrons. The second-order valence-corrected chi connectivity index (χ2v) is 5.85. The Morgan fingerprint density at radius 1 is 1.04 bits per heavy atom. The molecule has 1 aliphatic rings. The summed E-state index contributed by atoms with van der Waals surface area (Å²) in [6.45, 7) is 0. The fourth-order valence-electron chi connectivity index (χ4n) is 3.34. The van der Waals surface area contributed by atoms with E-state index in [0.29, 0.717) is 5.69 Å². The van der Waals surface area contributed by atoms with Crippen LogP contribution in [0.1, 0.15) is 28.4 Å². The molecule has 1 aliphatic heterocycles. The average Bonchev–Trinajstić information content (AvgIpc) is 2.89. The molecule has 0 aliphatic carbocycles. The van der Waals surface area contributed by atoms with E-state index in [4.69, 9.17) is 0 Å².